The molecule has 28 heavy (non-hydrogen) atoms. The molecule has 0 saturated carbocycles. The molecule has 0 spiro atoms. The van der Waals surface area contributed by atoms with Gasteiger partial charge in [0, 0.05) is 0 Å². The molecule has 0 aliphatic heterocycles. The first kappa shape index (κ1) is 28.1. The molecule has 5 heteroatoms. The third-order valence-electron chi connectivity index (χ3n) is 4.95. The minimum atomic E-state index is -3.38. The summed E-state index contributed by atoms with van der Waals surface area (Å²) in [5.41, 5.74) is 0. The average Bonchev–Trinajstić information content (AvgIpc) is 2.70. The van der Waals surface area contributed by atoms with Crippen molar-refractivity contribution in [1.29, 1.82) is 0 Å². The second kappa shape index (κ2) is 21.8. The molecule has 0 N–H and O–H groups in total. The summed E-state index contributed by atoms with van der Waals surface area (Å²) in [6, 6.07) is 0. The van der Waals surface area contributed by atoms with E-state index < -0.39 is 7.82 Å². The van der Waals surface area contributed by atoms with Crippen LogP contribution in [0, 0.1) is 0 Å². The van der Waals surface area contributed by atoms with E-state index in [0.717, 1.165) is 32.1 Å². The first-order valence-electron chi connectivity index (χ1n) is 12.2. The van der Waals surface area contributed by atoms with Gasteiger partial charge in [-0.1, -0.05) is 111 Å². The molecule has 0 saturated heterocycles. The number of unbranched alkanes of at least 4 members (excludes halogenated alkanes) is 14. The molecule has 170 valence electrons. The standard InChI is InChI=1S/C23H49O4P/c1-4-7-9-11-13-14-16-18-20-23-27-28(24,25-21-6-3)26-22-19-17-15-12-10-8-5-2/h4-23H2,1-3H3. The number of hydrogen-bond acceptors (Lipinski definition) is 4. The Labute approximate surface area is 176 Å². The zero-order valence-electron chi connectivity index (χ0n) is 19.2. The molecule has 0 amide bonds. The van der Waals surface area contributed by atoms with E-state index in [-0.39, 0.29) is 0 Å². The summed E-state index contributed by atoms with van der Waals surface area (Å²) in [4.78, 5) is 0. The van der Waals surface area contributed by atoms with Gasteiger partial charge in [0.2, 0.25) is 0 Å². The molecule has 0 radical (unpaired) electrons. The van der Waals surface area contributed by atoms with E-state index >= 15 is 0 Å². The highest BCUT2D eigenvalue weighted by Crippen LogP contribution is 2.49. The summed E-state index contributed by atoms with van der Waals surface area (Å²) in [6.07, 6.45) is 20.6. The van der Waals surface area contributed by atoms with Crippen LogP contribution >= 0.6 is 7.82 Å². The quantitative estimate of drug-likeness (QED) is 0.122. The summed E-state index contributed by atoms with van der Waals surface area (Å²) in [6.45, 7) is 7.84. The van der Waals surface area contributed by atoms with E-state index in [2.05, 4.69) is 13.8 Å². The van der Waals surface area contributed by atoms with Gasteiger partial charge in [0.25, 0.3) is 0 Å². The lowest BCUT2D eigenvalue weighted by Crippen LogP contribution is -2.04. The Morgan fingerprint density at radius 1 is 0.429 bits per heavy atom. The van der Waals surface area contributed by atoms with Gasteiger partial charge in [-0.25, -0.2) is 4.57 Å². The van der Waals surface area contributed by atoms with E-state index in [1.54, 1.807) is 0 Å². The fourth-order valence-corrected chi connectivity index (χ4v) is 4.47. The SMILES string of the molecule is CCCCCCCCCCCOP(=O)(OCCC)OCCCCCCCCC. The molecule has 0 fully saturated rings. The molecular weight excluding hydrogens is 371 g/mol. The van der Waals surface area contributed by atoms with Gasteiger partial charge in [-0.3, -0.25) is 13.6 Å². The van der Waals surface area contributed by atoms with E-state index in [0.29, 0.717) is 19.8 Å². The minimum absolute atomic E-state index is 0.423. The van der Waals surface area contributed by atoms with E-state index in [4.69, 9.17) is 13.6 Å². The molecule has 1 unspecified atom stereocenters. The first-order chi connectivity index (χ1) is 13.7. The normalized spacial score (nSPS) is 13.7. The largest absolute Gasteiger partial charge is 0.474 e. The highest BCUT2D eigenvalue weighted by molar-refractivity contribution is 7.48. The van der Waals surface area contributed by atoms with Gasteiger partial charge in [0.05, 0.1) is 19.8 Å². The number of phosphoric ester groups is 1. The van der Waals surface area contributed by atoms with Crippen LogP contribution in [0.4, 0.5) is 0 Å². The summed E-state index contributed by atoms with van der Waals surface area (Å²) < 4.78 is 29.3. The molecule has 0 aromatic rings. The van der Waals surface area contributed by atoms with Gasteiger partial charge in [-0.15, -0.1) is 0 Å². The van der Waals surface area contributed by atoms with Gasteiger partial charge >= 0.3 is 7.82 Å². The van der Waals surface area contributed by atoms with Gasteiger partial charge in [0.15, 0.2) is 0 Å². The van der Waals surface area contributed by atoms with Crippen molar-refractivity contribution >= 4 is 7.82 Å². The van der Waals surface area contributed by atoms with E-state index in [1.807, 2.05) is 6.92 Å². The van der Waals surface area contributed by atoms with Crippen LogP contribution in [-0.2, 0) is 18.1 Å². The Morgan fingerprint density at radius 3 is 1.11 bits per heavy atom. The van der Waals surface area contributed by atoms with Crippen LogP contribution in [0.3, 0.4) is 0 Å². The van der Waals surface area contributed by atoms with Crippen LogP contribution in [0.25, 0.3) is 0 Å². The zero-order valence-corrected chi connectivity index (χ0v) is 20.1. The minimum Gasteiger partial charge on any atom is -0.287 e. The van der Waals surface area contributed by atoms with Crippen molar-refractivity contribution in [2.45, 2.75) is 130 Å². The Balaban J connectivity index is 3.76. The summed E-state index contributed by atoms with van der Waals surface area (Å²) >= 11 is 0. The summed E-state index contributed by atoms with van der Waals surface area (Å²) in [5.74, 6) is 0. The lowest BCUT2D eigenvalue weighted by Gasteiger charge is -2.17. The maximum atomic E-state index is 12.7. The van der Waals surface area contributed by atoms with Crippen LogP contribution in [-0.4, -0.2) is 19.8 Å². The Bertz CT molecular complexity index is 349. The molecule has 0 aliphatic carbocycles. The van der Waals surface area contributed by atoms with Crippen molar-refractivity contribution < 1.29 is 18.1 Å². The molecule has 0 bridgehead atoms. The first-order valence-corrected chi connectivity index (χ1v) is 13.7. The molecule has 4 nitrogen and oxygen atoms in total. The predicted molar refractivity (Wildman–Crippen MR) is 121 cm³/mol. The number of phosphoric acid groups is 1. The van der Waals surface area contributed by atoms with Gasteiger partial charge in [-0.2, -0.15) is 0 Å². The van der Waals surface area contributed by atoms with E-state index in [9.17, 15) is 4.57 Å². The Morgan fingerprint density at radius 2 is 0.750 bits per heavy atom. The molecular formula is C23H49O4P. The van der Waals surface area contributed by atoms with E-state index in [1.165, 1.54) is 77.0 Å². The lowest BCUT2D eigenvalue weighted by molar-refractivity contribution is 0.110. The highest BCUT2D eigenvalue weighted by Gasteiger charge is 2.25. The van der Waals surface area contributed by atoms with Crippen LogP contribution in [0.15, 0.2) is 0 Å². The Kier molecular flexibility index (Phi) is 21.9. The second-order valence-electron chi connectivity index (χ2n) is 7.90. The van der Waals surface area contributed by atoms with Crippen molar-refractivity contribution in [2.24, 2.45) is 0 Å². The molecule has 0 rings (SSSR count). The van der Waals surface area contributed by atoms with Crippen molar-refractivity contribution in [3.8, 4) is 0 Å². The molecule has 0 heterocycles. The van der Waals surface area contributed by atoms with Gasteiger partial charge < -0.3 is 0 Å². The lowest BCUT2D eigenvalue weighted by atomic mass is 10.1. The number of rotatable bonds is 23. The molecule has 1 atom stereocenters. The maximum absolute atomic E-state index is 12.7. The van der Waals surface area contributed by atoms with Crippen LogP contribution in [0.2, 0.25) is 0 Å². The maximum Gasteiger partial charge on any atom is 0.474 e. The molecule has 0 aromatic heterocycles. The second-order valence-corrected chi connectivity index (χ2v) is 9.57. The smallest absolute Gasteiger partial charge is 0.287 e. The molecule has 0 aromatic carbocycles. The zero-order chi connectivity index (χ0) is 20.8. The highest BCUT2D eigenvalue weighted by atomic mass is 31.2. The van der Waals surface area contributed by atoms with Crippen molar-refractivity contribution in [3.05, 3.63) is 0 Å². The Hall–Kier alpha value is 0.110. The third-order valence-corrected chi connectivity index (χ3v) is 6.44. The van der Waals surface area contributed by atoms with Crippen molar-refractivity contribution in [1.82, 2.24) is 0 Å². The van der Waals surface area contributed by atoms with Gasteiger partial charge in [0.1, 0.15) is 0 Å². The topological polar surface area (TPSA) is 44.8 Å². The fourth-order valence-electron chi connectivity index (χ4n) is 3.14. The van der Waals surface area contributed by atoms with Crippen LogP contribution in [0.5, 0.6) is 0 Å². The molecule has 0 aliphatic rings. The third kappa shape index (κ3) is 19.4. The van der Waals surface area contributed by atoms with Crippen LogP contribution in [0.1, 0.15) is 130 Å². The van der Waals surface area contributed by atoms with Crippen molar-refractivity contribution in [3.63, 3.8) is 0 Å². The van der Waals surface area contributed by atoms with Crippen LogP contribution < -0.4 is 0 Å². The predicted octanol–water partition coefficient (Wildman–Crippen LogP) is 8.84. The monoisotopic (exact) mass is 420 g/mol. The summed E-state index contributed by atoms with van der Waals surface area (Å²) in [5, 5.41) is 0. The number of hydrogen-bond donors (Lipinski definition) is 0. The summed E-state index contributed by atoms with van der Waals surface area (Å²) in [7, 11) is -3.38. The average molecular weight is 421 g/mol. The van der Waals surface area contributed by atoms with Crippen molar-refractivity contribution in [2.75, 3.05) is 19.8 Å². The fraction of sp³-hybridized carbons (Fsp3) is 1.00. The van der Waals surface area contributed by atoms with Gasteiger partial charge in [-0.05, 0) is 19.3 Å².